The van der Waals surface area contributed by atoms with E-state index < -0.39 is 12.0 Å². The number of carboxylic acid groups (broad SMARTS) is 1. The first-order valence-electron chi connectivity index (χ1n) is 3.31. The van der Waals surface area contributed by atoms with Crippen molar-refractivity contribution < 1.29 is 9.90 Å². The van der Waals surface area contributed by atoms with Crippen LogP contribution in [0.3, 0.4) is 0 Å². The van der Waals surface area contributed by atoms with Crippen LogP contribution in [0.1, 0.15) is 27.2 Å². The summed E-state index contributed by atoms with van der Waals surface area (Å²) < 4.78 is 0. The van der Waals surface area contributed by atoms with Crippen molar-refractivity contribution in [2.24, 2.45) is 11.1 Å². The van der Waals surface area contributed by atoms with E-state index in [0.29, 0.717) is 6.42 Å². The maximum atomic E-state index is 10.3. The number of carboxylic acids is 1. The molecule has 1 atom stereocenters. The molecule has 3 N–H and O–H groups in total. The summed E-state index contributed by atoms with van der Waals surface area (Å²) >= 11 is 0. The van der Waals surface area contributed by atoms with Crippen molar-refractivity contribution >= 4 is 5.97 Å². The largest absolute Gasteiger partial charge is 0.480 e. The number of rotatable bonds is 2. The molecule has 0 radical (unpaired) electrons. The van der Waals surface area contributed by atoms with E-state index in [4.69, 9.17) is 10.8 Å². The minimum Gasteiger partial charge on any atom is -0.480 e. The van der Waals surface area contributed by atoms with Crippen molar-refractivity contribution in [1.82, 2.24) is 0 Å². The maximum Gasteiger partial charge on any atom is 0.320 e. The van der Waals surface area contributed by atoms with Gasteiger partial charge in [-0.05, 0) is 11.8 Å². The van der Waals surface area contributed by atoms with Crippen LogP contribution in [0.5, 0.6) is 0 Å². The molecule has 0 aromatic heterocycles. The summed E-state index contributed by atoms with van der Waals surface area (Å²) in [6, 6.07) is -0.722. The van der Waals surface area contributed by atoms with Gasteiger partial charge in [-0.15, -0.1) is 0 Å². The standard InChI is InChI=1S/C7H15NO2/c1-7(2,3)4-5(8)6(9)10/h5H,4,8H2,1-3H3,(H,9,10). The molecule has 0 saturated heterocycles. The van der Waals surface area contributed by atoms with Gasteiger partial charge < -0.3 is 10.8 Å². The number of hydrogen-bond donors (Lipinski definition) is 2. The van der Waals surface area contributed by atoms with Gasteiger partial charge in [-0.1, -0.05) is 20.8 Å². The van der Waals surface area contributed by atoms with Crippen molar-refractivity contribution in [1.29, 1.82) is 0 Å². The Balaban J connectivity index is 3.80. The first kappa shape index (κ1) is 9.43. The van der Waals surface area contributed by atoms with E-state index in [0.717, 1.165) is 0 Å². The molecule has 0 fully saturated rings. The van der Waals surface area contributed by atoms with E-state index in [2.05, 4.69) is 0 Å². The Bertz CT molecular complexity index is 126. The summed E-state index contributed by atoms with van der Waals surface area (Å²) in [5, 5.41) is 8.42. The molecule has 0 spiro atoms. The molecule has 0 aromatic carbocycles. The molecule has 60 valence electrons. The molecule has 0 aliphatic heterocycles. The Morgan fingerprint density at radius 1 is 1.60 bits per heavy atom. The van der Waals surface area contributed by atoms with Gasteiger partial charge in [-0.25, -0.2) is 0 Å². The van der Waals surface area contributed by atoms with Gasteiger partial charge in [0.2, 0.25) is 0 Å². The second kappa shape index (κ2) is 3.01. The van der Waals surface area contributed by atoms with E-state index in [1.807, 2.05) is 20.8 Å². The Labute approximate surface area is 61.2 Å². The van der Waals surface area contributed by atoms with Gasteiger partial charge in [0, 0.05) is 0 Å². The Hall–Kier alpha value is -0.570. The van der Waals surface area contributed by atoms with Crippen LogP contribution in [0.25, 0.3) is 0 Å². The van der Waals surface area contributed by atoms with Crippen molar-refractivity contribution in [3.8, 4) is 0 Å². The van der Waals surface area contributed by atoms with Crippen molar-refractivity contribution in [3.63, 3.8) is 0 Å². The Kier molecular flexibility index (Phi) is 2.84. The molecule has 0 rings (SSSR count). The average molecular weight is 145 g/mol. The second-order valence-electron chi connectivity index (χ2n) is 3.71. The lowest BCUT2D eigenvalue weighted by atomic mass is 9.88. The SMILES string of the molecule is CC(C)(C)CC(N)C(=O)O. The van der Waals surface area contributed by atoms with Crippen LogP contribution >= 0.6 is 0 Å². The van der Waals surface area contributed by atoms with Crippen molar-refractivity contribution in [2.45, 2.75) is 33.2 Å². The summed E-state index contributed by atoms with van der Waals surface area (Å²) in [4.78, 5) is 10.3. The van der Waals surface area contributed by atoms with Gasteiger partial charge in [0.05, 0.1) is 0 Å². The first-order chi connectivity index (χ1) is 4.33. The van der Waals surface area contributed by atoms with Gasteiger partial charge in [-0.2, -0.15) is 0 Å². The average Bonchev–Trinajstić information content (AvgIpc) is 1.60. The summed E-state index contributed by atoms with van der Waals surface area (Å²) in [6.45, 7) is 5.90. The highest BCUT2D eigenvalue weighted by atomic mass is 16.4. The van der Waals surface area contributed by atoms with E-state index in [1.54, 1.807) is 0 Å². The van der Waals surface area contributed by atoms with Crippen molar-refractivity contribution in [3.05, 3.63) is 0 Å². The highest BCUT2D eigenvalue weighted by Crippen LogP contribution is 2.19. The molecule has 3 nitrogen and oxygen atoms in total. The van der Waals surface area contributed by atoms with E-state index >= 15 is 0 Å². The lowest BCUT2D eigenvalue weighted by Gasteiger charge is -2.20. The number of nitrogens with two attached hydrogens (primary N) is 1. The van der Waals surface area contributed by atoms with E-state index in [9.17, 15) is 4.79 Å². The van der Waals surface area contributed by atoms with Gasteiger partial charge in [0.15, 0.2) is 0 Å². The lowest BCUT2D eigenvalue weighted by Crippen LogP contribution is -2.34. The smallest absolute Gasteiger partial charge is 0.320 e. The van der Waals surface area contributed by atoms with Gasteiger partial charge >= 0.3 is 5.97 Å². The zero-order valence-corrected chi connectivity index (χ0v) is 6.72. The molecule has 0 aliphatic carbocycles. The highest BCUT2D eigenvalue weighted by Gasteiger charge is 2.20. The summed E-state index contributed by atoms with van der Waals surface area (Å²) in [7, 11) is 0. The monoisotopic (exact) mass is 145 g/mol. The Morgan fingerprint density at radius 2 is 2.00 bits per heavy atom. The van der Waals surface area contributed by atoms with E-state index in [1.165, 1.54) is 0 Å². The molecule has 10 heavy (non-hydrogen) atoms. The second-order valence-corrected chi connectivity index (χ2v) is 3.71. The highest BCUT2D eigenvalue weighted by molar-refractivity contribution is 5.73. The normalized spacial score (nSPS) is 14.8. The fourth-order valence-electron chi connectivity index (χ4n) is 0.747. The zero-order chi connectivity index (χ0) is 8.36. The zero-order valence-electron chi connectivity index (χ0n) is 6.72. The lowest BCUT2D eigenvalue weighted by molar-refractivity contribution is -0.139. The summed E-state index contributed by atoms with van der Waals surface area (Å²) in [6.07, 6.45) is 0.516. The minimum atomic E-state index is -0.921. The topological polar surface area (TPSA) is 63.3 Å². The molecule has 0 aromatic rings. The van der Waals surface area contributed by atoms with Crippen LogP contribution in [0.4, 0.5) is 0 Å². The van der Waals surface area contributed by atoms with Crippen LogP contribution in [-0.2, 0) is 4.79 Å². The molecule has 0 bridgehead atoms. The molecule has 3 heteroatoms. The van der Waals surface area contributed by atoms with Gasteiger partial charge in [0.1, 0.15) is 6.04 Å². The molecular weight excluding hydrogens is 130 g/mol. The van der Waals surface area contributed by atoms with E-state index in [-0.39, 0.29) is 5.41 Å². The van der Waals surface area contributed by atoms with Crippen LogP contribution in [-0.4, -0.2) is 17.1 Å². The summed E-state index contributed by atoms with van der Waals surface area (Å²) in [5.41, 5.74) is 5.30. The van der Waals surface area contributed by atoms with Crippen molar-refractivity contribution in [2.75, 3.05) is 0 Å². The fourth-order valence-corrected chi connectivity index (χ4v) is 0.747. The quantitative estimate of drug-likeness (QED) is 0.605. The van der Waals surface area contributed by atoms with Crippen LogP contribution in [0.15, 0.2) is 0 Å². The molecule has 0 heterocycles. The van der Waals surface area contributed by atoms with Crippen LogP contribution in [0.2, 0.25) is 0 Å². The molecular formula is C7H15NO2. The van der Waals surface area contributed by atoms with Crippen LogP contribution in [0, 0.1) is 5.41 Å². The molecule has 0 amide bonds. The molecule has 0 saturated carbocycles. The minimum absolute atomic E-state index is 0.00218. The Morgan fingerprint density at radius 3 is 2.10 bits per heavy atom. The molecule has 0 aliphatic rings. The molecule has 1 unspecified atom stereocenters. The third-order valence-corrected chi connectivity index (χ3v) is 1.15. The number of carbonyl (C=O) groups is 1. The number of aliphatic carboxylic acids is 1. The van der Waals surface area contributed by atoms with Crippen LogP contribution < -0.4 is 5.73 Å². The van der Waals surface area contributed by atoms with Gasteiger partial charge in [0.25, 0.3) is 0 Å². The number of hydrogen-bond acceptors (Lipinski definition) is 2. The summed E-state index contributed by atoms with van der Waals surface area (Å²) in [5.74, 6) is -0.921. The van der Waals surface area contributed by atoms with Gasteiger partial charge in [-0.3, -0.25) is 4.79 Å². The first-order valence-corrected chi connectivity index (χ1v) is 3.31. The maximum absolute atomic E-state index is 10.3. The fraction of sp³-hybridized carbons (Fsp3) is 0.857. The third kappa shape index (κ3) is 4.32. The predicted molar refractivity (Wildman–Crippen MR) is 39.7 cm³/mol. The predicted octanol–water partition coefficient (Wildman–Crippen LogP) is 0.834. The third-order valence-electron chi connectivity index (χ3n) is 1.15.